The molecular weight excluding hydrogens is 140 g/mol. The summed E-state index contributed by atoms with van der Waals surface area (Å²) < 4.78 is 0. The molecular formula is C8H8N2O. The summed E-state index contributed by atoms with van der Waals surface area (Å²) in [6.07, 6.45) is 8.99. The number of carbonyl (C=O) groups is 1. The van der Waals surface area contributed by atoms with Gasteiger partial charge in [0.1, 0.15) is 0 Å². The third kappa shape index (κ3) is 1.94. The van der Waals surface area contributed by atoms with E-state index >= 15 is 0 Å². The molecule has 0 aliphatic rings. The Morgan fingerprint density at radius 1 is 1.82 bits per heavy atom. The van der Waals surface area contributed by atoms with Gasteiger partial charge in [-0.25, -0.2) is 4.98 Å². The van der Waals surface area contributed by atoms with Gasteiger partial charge in [0, 0.05) is 25.2 Å². The van der Waals surface area contributed by atoms with Gasteiger partial charge in [-0.15, -0.1) is 12.3 Å². The largest absolute Gasteiger partial charge is 0.342 e. The zero-order valence-corrected chi connectivity index (χ0v) is 6.00. The van der Waals surface area contributed by atoms with E-state index in [-0.39, 0.29) is 5.78 Å². The van der Waals surface area contributed by atoms with Crippen LogP contribution in [0.4, 0.5) is 0 Å². The van der Waals surface area contributed by atoms with Crippen molar-refractivity contribution in [3.8, 4) is 12.3 Å². The second kappa shape index (κ2) is 3.57. The molecule has 0 atom stereocenters. The van der Waals surface area contributed by atoms with Crippen LogP contribution in [0.1, 0.15) is 23.5 Å². The van der Waals surface area contributed by atoms with E-state index in [4.69, 9.17) is 6.42 Å². The van der Waals surface area contributed by atoms with E-state index in [0.717, 1.165) is 0 Å². The number of carbonyl (C=O) groups excluding carboxylic acids is 1. The lowest BCUT2D eigenvalue weighted by atomic mass is 10.2. The third-order valence-corrected chi connectivity index (χ3v) is 1.26. The van der Waals surface area contributed by atoms with Crippen LogP contribution in [0.3, 0.4) is 0 Å². The van der Waals surface area contributed by atoms with Gasteiger partial charge >= 0.3 is 0 Å². The monoisotopic (exact) mass is 148 g/mol. The Morgan fingerprint density at radius 3 is 3.18 bits per heavy atom. The van der Waals surface area contributed by atoms with Gasteiger partial charge in [0.05, 0.1) is 0 Å². The first-order valence-electron chi connectivity index (χ1n) is 3.30. The van der Waals surface area contributed by atoms with Crippen molar-refractivity contribution in [3.63, 3.8) is 0 Å². The lowest BCUT2D eigenvalue weighted by Crippen LogP contribution is -2.00. The average Bonchev–Trinajstić information content (AvgIpc) is 2.52. The fourth-order valence-electron chi connectivity index (χ4n) is 0.722. The minimum atomic E-state index is -0.0343. The van der Waals surface area contributed by atoms with Crippen LogP contribution in [0.2, 0.25) is 0 Å². The Kier molecular flexibility index (Phi) is 2.45. The molecule has 0 saturated heterocycles. The van der Waals surface area contributed by atoms with Gasteiger partial charge in [-0.1, -0.05) is 0 Å². The van der Waals surface area contributed by atoms with Gasteiger partial charge in [0.15, 0.2) is 11.6 Å². The zero-order chi connectivity index (χ0) is 8.10. The van der Waals surface area contributed by atoms with Gasteiger partial charge in [0.2, 0.25) is 0 Å². The normalized spacial score (nSPS) is 9.00. The van der Waals surface area contributed by atoms with Crippen LogP contribution in [0.25, 0.3) is 0 Å². The number of nitrogens with zero attached hydrogens (tertiary/aromatic N) is 1. The summed E-state index contributed by atoms with van der Waals surface area (Å²) in [6, 6.07) is 0. The second-order valence-corrected chi connectivity index (χ2v) is 2.07. The number of Topliss-reactive ketones (excluding diaryl/α,β-unsaturated/α-hetero) is 1. The number of nitrogens with one attached hydrogen (secondary N) is 1. The topological polar surface area (TPSA) is 45.8 Å². The van der Waals surface area contributed by atoms with E-state index in [1.54, 1.807) is 12.4 Å². The van der Waals surface area contributed by atoms with E-state index in [1.807, 2.05) is 0 Å². The third-order valence-electron chi connectivity index (χ3n) is 1.26. The zero-order valence-electron chi connectivity index (χ0n) is 6.00. The van der Waals surface area contributed by atoms with E-state index in [1.165, 1.54) is 0 Å². The number of aromatic amines is 1. The molecule has 3 nitrogen and oxygen atoms in total. The predicted molar refractivity (Wildman–Crippen MR) is 41.0 cm³/mol. The number of ketones is 1. The molecule has 11 heavy (non-hydrogen) atoms. The van der Waals surface area contributed by atoms with Crippen molar-refractivity contribution in [2.24, 2.45) is 0 Å². The molecule has 3 heteroatoms. The molecule has 0 aliphatic heterocycles. The van der Waals surface area contributed by atoms with Gasteiger partial charge < -0.3 is 4.98 Å². The molecule has 1 aromatic rings. The SMILES string of the molecule is C#CCCC(=O)c1ncc[nH]1. The van der Waals surface area contributed by atoms with Crippen molar-refractivity contribution < 1.29 is 4.79 Å². The van der Waals surface area contributed by atoms with Crippen LogP contribution in [0.15, 0.2) is 12.4 Å². The number of aromatic nitrogens is 2. The summed E-state index contributed by atoms with van der Waals surface area (Å²) in [7, 11) is 0. The first-order valence-corrected chi connectivity index (χ1v) is 3.30. The van der Waals surface area contributed by atoms with E-state index in [0.29, 0.717) is 18.7 Å². The summed E-state index contributed by atoms with van der Waals surface area (Å²) in [5, 5.41) is 0. The Labute approximate surface area is 64.8 Å². The highest BCUT2D eigenvalue weighted by Crippen LogP contribution is 1.97. The molecule has 0 radical (unpaired) electrons. The highest BCUT2D eigenvalue weighted by molar-refractivity contribution is 5.92. The molecule has 0 bridgehead atoms. The molecule has 0 spiro atoms. The fraction of sp³-hybridized carbons (Fsp3) is 0.250. The van der Waals surface area contributed by atoms with Crippen molar-refractivity contribution in [2.75, 3.05) is 0 Å². The van der Waals surface area contributed by atoms with Crippen LogP contribution >= 0.6 is 0 Å². The molecule has 1 aromatic heterocycles. The molecule has 56 valence electrons. The Hall–Kier alpha value is -1.56. The van der Waals surface area contributed by atoms with E-state index in [9.17, 15) is 4.79 Å². The van der Waals surface area contributed by atoms with Crippen LogP contribution in [0, 0.1) is 12.3 Å². The highest BCUT2D eigenvalue weighted by Gasteiger charge is 2.05. The summed E-state index contributed by atoms with van der Waals surface area (Å²) in [5.41, 5.74) is 0. The maximum absolute atomic E-state index is 11.1. The van der Waals surface area contributed by atoms with Gasteiger partial charge in [-0.3, -0.25) is 4.79 Å². The van der Waals surface area contributed by atoms with Gasteiger partial charge in [0.25, 0.3) is 0 Å². The lowest BCUT2D eigenvalue weighted by Gasteiger charge is -1.90. The number of hydrogen-bond acceptors (Lipinski definition) is 2. The molecule has 1 heterocycles. The van der Waals surface area contributed by atoms with E-state index < -0.39 is 0 Å². The van der Waals surface area contributed by atoms with Crippen LogP contribution in [0.5, 0.6) is 0 Å². The second-order valence-electron chi connectivity index (χ2n) is 2.07. The Balaban J connectivity index is 2.51. The molecule has 0 aromatic carbocycles. The summed E-state index contributed by atoms with van der Waals surface area (Å²) >= 11 is 0. The lowest BCUT2D eigenvalue weighted by molar-refractivity contribution is 0.0975. The standard InChI is InChI=1S/C8H8N2O/c1-2-3-4-7(11)8-9-5-6-10-8/h1,5-6H,3-4H2,(H,9,10). The van der Waals surface area contributed by atoms with Crippen LogP contribution < -0.4 is 0 Å². The molecule has 0 unspecified atom stereocenters. The van der Waals surface area contributed by atoms with Crippen molar-refractivity contribution in [1.29, 1.82) is 0 Å². The first-order chi connectivity index (χ1) is 5.34. The molecule has 0 aliphatic carbocycles. The smallest absolute Gasteiger partial charge is 0.198 e. The number of terminal acetylenes is 1. The quantitative estimate of drug-likeness (QED) is 0.513. The maximum atomic E-state index is 11.1. The number of hydrogen-bond donors (Lipinski definition) is 1. The average molecular weight is 148 g/mol. The minimum absolute atomic E-state index is 0.0343. The highest BCUT2D eigenvalue weighted by atomic mass is 16.1. The van der Waals surface area contributed by atoms with E-state index in [2.05, 4.69) is 15.9 Å². The van der Waals surface area contributed by atoms with Crippen LogP contribution in [-0.2, 0) is 0 Å². The van der Waals surface area contributed by atoms with Crippen molar-refractivity contribution in [3.05, 3.63) is 18.2 Å². The summed E-state index contributed by atoms with van der Waals surface area (Å²) in [6.45, 7) is 0. The Morgan fingerprint density at radius 2 is 2.64 bits per heavy atom. The van der Waals surface area contributed by atoms with Crippen molar-refractivity contribution in [1.82, 2.24) is 9.97 Å². The molecule has 0 fully saturated rings. The minimum Gasteiger partial charge on any atom is -0.342 e. The number of imidazole rings is 1. The molecule has 0 saturated carbocycles. The Bertz CT molecular complexity index is 269. The molecule has 1 N–H and O–H groups in total. The van der Waals surface area contributed by atoms with Gasteiger partial charge in [-0.05, 0) is 0 Å². The first kappa shape index (κ1) is 7.55. The van der Waals surface area contributed by atoms with Crippen molar-refractivity contribution >= 4 is 5.78 Å². The predicted octanol–water partition coefficient (Wildman–Crippen LogP) is 1.01. The fourth-order valence-corrected chi connectivity index (χ4v) is 0.722. The molecule has 1 rings (SSSR count). The molecule has 0 amide bonds. The van der Waals surface area contributed by atoms with Gasteiger partial charge in [-0.2, -0.15) is 0 Å². The number of rotatable bonds is 3. The number of H-pyrrole nitrogens is 1. The van der Waals surface area contributed by atoms with Crippen molar-refractivity contribution in [2.45, 2.75) is 12.8 Å². The maximum Gasteiger partial charge on any atom is 0.198 e. The van der Waals surface area contributed by atoms with Crippen LogP contribution in [-0.4, -0.2) is 15.8 Å². The summed E-state index contributed by atoms with van der Waals surface area (Å²) in [5.74, 6) is 2.75. The summed E-state index contributed by atoms with van der Waals surface area (Å²) in [4.78, 5) is 17.6.